The maximum absolute atomic E-state index is 14.0. The summed E-state index contributed by atoms with van der Waals surface area (Å²) < 4.78 is 6.19. The molecular formula is C29H23N3O6S2. The number of anilines is 1. The first-order valence-corrected chi connectivity index (χ1v) is 14.2. The van der Waals surface area contributed by atoms with Gasteiger partial charge >= 0.3 is 4.87 Å². The minimum Gasteiger partial charge on any atom is -0.489 e. The average Bonchev–Trinajstić information content (AvgIpc) is 3.43. The summed E-state index contributed by atoms with van der Waals surface area (Å²) in [5, 5.41) is 11.5. The molecule has 2 aliphatic rings. The Bertz CT molecular complexity index is 1710. The lowest BCUT2D eigenvalue weighted by atomic mass is 9.82. The molecule has 0 bridgehead atoms. The number of rotatable bonds is 6. The number of carbonyl (C=O) groups is 2. The third-order valence-electron chi connectivity index (χ3n) is 7.17. The van der Waals surface area contributed by atoms with Crippen molar-refractivity contribution in [1.29, 1.82) is 0 Å². The number of nitro benzene ring substituents is 1. The summed E-state index contributed by atoms with van der Waals surface area (Å²) in [7, 11) is 0. The highest BCUT2D eigenvalue weighted by Gasteiger charge is 2.57. The zero-order valence-corrected chi connectivity index (χ0v) is 23.1. The van der Waals surface area contributed by atoms with Gasteiger partial charge in [0.15, 0.2) is 0 Å². The van der Waals surface area contributed by atoms with Crippen molar-refractivity contribution in [2.45, 2.75) is 36.6 Å². The van der Waals surface area contributed by atoms with Gasteiger partial charge in [0, 0.05) is 28.5 Å². The summed E-state index contributed by atoms with van der Waals surface area (Å²) in [6.07, 6.45) is 0. The maximum Gasteiger partial charge on any atom is 0.305 e. The van der Waals surface area contributed by atoms with E-state index in [1.165, 1.54) is 23.1 Å². The Morgan fingerprint density at radius 3 is 2.30 bits per heavy atom. The molecule has 0 aliphatic carbocycles. The predicted octanol–water partition coefficient (Wildman–Crippen LogP) is 5.34. The van der Waals surface area contributed by atoms with Gasteiger partial charge in [-0.3, -0.25) is 24.5 Å². The molecule has 3 heterocycles. The fourth-order valence-corrected chi connectivity index (χ4v) is 7.68. The van der Waals surface area contributed by atoms with Gasteiger partial charge in [0.2, 0.25) is 11.8 Å². The molecule has 1 aromatic heterocycles. The van der Waals surface area contributed by atoms with E-state index in [4.69, 9.17) is 4.74 Å². The number of nitrogens with zero attached hydrogens (tertiary/aromatic N) is 2. The number of carbonyl (C=O) groups excluding carboxylic acids is 2. The van der Waals surface area contributed by atoms with Crippen LogP contribution in [0, 0.1) is 29.9 Å². The van der Waals surface area contributed by atoms with Crippen LogP contribution in [-0.2, 0) is 16.2 Å². The number of nitro groups is 1. The minimum absolute atomic E-state index is 0.177. The van der Waals surface area contributed by atoms with Gasteiger partial charge in [-0.2, -0.15) is 0 Å². The van der Waals surface area contributed by atoms with Gasteiger partial charge in [-0.05, 0) is 37.6 Å². The molecule has 40 heavy (non-hydrogen) atoms. The van der Waals surface area contributed by atoms with Gasteiger partial charge in [-0.1, -0.05) is 70.6 Å². The molecule has 0 spiro atoms. The largest absolute Gasteiger partial charge is 0.489 e. The topological polar surface area (TPSA) is 123 Å². The van der Waals surface area contributed by atoms with Crippen molar-refractivity contribution < 1.29 is 19.2 Å². The Morgan fingerprint density at radius 1 is 0.950 bits per heavy atom. The van der Waals surface area contributed by atoms with Crippen LogP contribution < -0.4 is 14.5 Å². The molecule has 2 amide bonds. The predicted molar refractivity (Wildman–Crippen MR) is 152 cm³/mol. The van der Waals surface area contributed by atoms with Crippen molar-refractivity contribution in [1.82, 2.24) is 4.98 Å². The molecule has 6 rings (SSSR count). The van der Waals surface area contributed by atoms with Crippen LogP contribution in [-0.4, -0.2) is 27.0 Å². The lowest BCUT2D eigenvalue weighted by molar-refractivity contribution is -0.385. The molecule has 0 saturated carbocycles. The van der Waals surface area contributed by atoms with Crippen LogP contribution in [0.3, 0.4) is 0 Å². The standard InChI is InChI=1S/C29H23N3O6S2/c1-15-3-7-17(8-4-15)14-38-21-12-11-19(32(36)37)13-20(21)22-23-25(39-26-24(22)40-29(35)30-26)28(34)31(27(23)33)18-9-5-16(2)6-10-18/h3-13,22-23,25H,14H2,1-2H3,(H,30,35)/t22-,23?,25?/m1/s1. The number of thiazole rings is 1. The summed E-state index contributed by atoms with van der Waals surface area (Å²) >= 11 is 2.10. The number of hydrogen-bond donors (Lipinski definition) is 1. The number of aromatic amines is 1. The summed E-state index contributed by atoms with van der Waals surface area (Å²) in [5.41, 5.74) is 3.66. The number of amides is 2. The number of imide groups is 1. The molecule has 1 saturated heterocycles. The quantitative estimate of drug-likeness (QED) is 0.188. The van der Waals surface area contributed by atoms with Crippen LogP contribution >= 0.6 is 23.1 Å². The number of thioether (sulfide) groups is 1. The number of fused-ring (bicyclic) bond motifs is 2. The van der Waals surface area contributed by atoms with Crippen molar-refractivity contribution in [2.24, 2.45) is 5.92 Å². The zero-order chi connectivity index (χ0) is 28.1. The van der Waals surface area contributed by atoms with Crippen molar-refractivity contribution in [3.63, 3.8) is 0 Å². The summed E-state index contributed by atoms with van der Waals surface area (Å²) in [5.74, 6) is -2.15. The molecule has 2 aliphatic heterocycles. The van der Waals surface area contributed by atoms with Gasteiger partial charge < -0.3 is 9.72 Å². The Morgan fingerprint density at radius 2 is 1.62 bits per heavy atom. The van der Waals surface area contributed by atoms with Crippen molar-refractivity contribution >= 4 is 46.3 Å². The van der Waals surface area contributed by atoms with E-state index < -0.39 is 27.9 Å². The van der Waals surface area contributed by atoms with E-state index >= 15 is 0 Å². The van der Waals surface area contributed by atoms with Crippen molar-refractivity contribution in [3.05, 3.63) is 114 Å². The van der Waals surface area contributed by atoms with Crippen LogP contribution in [0.5, 0.6) is 5.75 Å². The first kappa shape index (κ1) is 26.0. The van der Waals surface area contributed by atoms with E-state index in [1.807, 2.05) is 50.2 Å². The monoisotopic (exact) mass is 573 g/mol. The third-order valence-corrected chi connectivity index (χ3v) is 9.57. The van der Waals surface area contributed by atoms with Crippen LogP contribution in [0.15, 0.2) is 76.6 Å². The Balaban J connectivity index is 1.47. The van der Waals surface area contributed by atoms with E-state index in [0.717, 1.165) is 39.8 Å². The number of benzene rings is 3. The van der Waals surface area contributed by atoms with Gasteiger partial charge in [-0.15, -0.1) is 0 Å². The number of ether oxygens (including phenoxy) is 1. The molecule has 11 heteroatoms. The molecule has 4 aromatic rings. The number of nitrogens with one attached hydrogen (secondary N) is 1. The lowest BCUT2D eigenvalue weighted by Crippen LogP contribution is -2.32. The highest BCUT2D eigenvalue weighted by atomic mass is 32.2. The number of H-pyrrole nitrogens is 1. The summed E-state index contributed by atoms with van der Waals surface area (Å²) in [6.45, 7) is 4.09. The van der Waals surface area contributed by atoms with Crippen LogP contribution in [0.4, 0.5) is 11.4 Å². The minimum atomic E-state index is -0.888. The van der Waals surface area contributed by atoms with Gasteiger partial charge in [0.05, 0.1) is 21.6 Å². The molecule has 9 nitrogen and oxygen atoms in total. The summed E-state index contributed by atoms with van der Waals surface area (Å²) in [4.78, 5) is 55.7. The average molecular weight is 574 g/mol. The SMILES string of the molecule is Cc1ccc(COc2ccc([N+](=O)[O-])cc2[C@H]2c3sc(=O)[nH]c3SC3C(=O)N(c4ccc(C)cc4)C(=O)C32)cc1. The van der Waals surface area contributed by atoms with E-state index in [9.17, 15) is 24.5 Å². The second-order valence-electron chi connectivity index (χ2n) is 9.85. The van der Waals surface area contributed by atoms with Gasteiger partial charge in [0.25, 0.3) is 5.69 Å². The molecular weight excluding hydrogens is 550 g/mol. The smallest absolute Gasteiger partial charge is 0.305 e. The van der Waals surface area contributed by atoms with Crippen LogP contribution in [0.2, 0.25) is 0 Å². The fourth-order valence-electron chi connectivity index (χ4n) is 5.17. The molecule has 0 radical (unpaired) electrons. The highest BCUT2D eigenvalue weighted by molar-refractivity contribution is 8.00. The van der Waals surface area contributed by atoms with Crippen LogP contribution in [0.1, 0.15) is 33.0 Å². The highest BCUT2D eigenvalue weighted by Crippen LogP contribution is 2.55. The number of hydrogen-bond acceptors (Lipinski definition) is 8. The zero-order valence-electron chi connectivity index (χ0n) is 21.5. The number of aryl methyl sites for hydroxylation is 2. The van der Waals surface area contributed by atoms with Crippen LogP contribution in [0.25, 0.3) is 0 Å². The van der Waals surface area contributed by atoms with E-state index in [2.05, 4.69) is 4.98 Å². The second kappa shape index (κ2) is 10.1. The fraction of sp³-hybridized carbons (Fsp3) is 0.207. The molecule has 2 unspecified atom stereocenters. The Labute approximate surface area is 237 Å². The molecule has 1 fully saturated rings. The number of aromatic nitrogens is 1. The Hall–Kier alpha value is -4.22. The van der Waals surface area contributed by atoms with Gasteiger partial charge in [-0.25, -0.2) is 4.90 Å². The lowest BCUT2D eigenvalue weighted by Gasteiger charge is -2.30. The second-order valence-corrected chi connectivity index (χ2v) is 12.0. The van der Waals surface area contributed by atoms with Gasteiger partial charge in [0.1, 0.15) is 17.6 Å². The van der Waals surface area contributed by atoms with E-state index in [-0.39, 0.29) is 23.1 Å². The molecule has 3 aromatic carbocycles. The first-order chi connectivity index (χ1) is 19.2. The summed E-state index contributed by atoms with van der Waals surface area (Å²) in [6, 6.07) is 19.2. The molecule has 1 N–H and O–H groups in total. The molecule has 3 atom stereocenters. The van der Waals surface area contributed by atoms with Crippen molar-refractivity contribution in [2.75, 3.05) is 4.90 Å². The third kappa shape index (κ3) is 4.50. The van der Waals surface area contributed by atoms with Crippen molar-refractivity contribution in [3.8, 4) is 5.75 Å². The molecule has 202 valence electrons. The number of non-ortho nitro benzene ring substituents is 1. The normalized spacial score (nSPS) is 19.9. The maximum atomic E-state index is 14.0. The van der Waals surface area contributed by atoms with E-state index in [0.29, 0.717) is 26.9 Å². The first-order valence-electron chi connectivity index (χ1n) is 12.5. The Kier molecular flexibility index (Phi) is 6.55. The van der Waals surface area contributed by atoms with E-state index in [1.54, 1.807) is 12.1 Å².